The van der Waals surface area contributed by atoms with Crippen LogP contribution in [-0.2, 0) is 10.0 Å². The number of halogens is 2. The zero-order valence-electron chi connectivity index (χ0n) is 17.8. The van der Waals surface area contributed by atoms with Crippen LogP contribution in [0.4, 0.5) is 14.5 Å². The predicted octanol–water partition coefficient (Wildman–Crippen LogP) is 2.61. The van der Waals surface area contributed by atoms with E-state index in [0.717, 1.165) is 12.1 Å². The Morgan fingerprint density at radius 3 is 2.65 bits per heavy atom. The lowest BCUT2D eigenvalue weighted by Gasteiger charge is -2.13. The highest BCUT2D eigenvalue weighted by molar-refractivity contribution is 7.92. The molecule has 0 saturated carbocycles. The van der Waals surface area contributed by atoms with E-state index in [-0.39, 0.29) is 11.6 Å². The number of sulfonamides is 1. The smallest absolute Gasteiger partial charge is 0.264 e. The first kappa shape index (κ1) is 23.1. The van der Waals surface area contributed by atoms with Gasteiger partial charge in [-0.05, 0) is 43.2 Å². The van der Waals surface area contributed by atoms with Gasteiger partial charge in [-0.15, -0.1) is 0 Å². The van der Waals surface area contributed by atoms with Gasteiger partial charge in [0.2, 0.25) is 5.88 Å². The number of nitrogens with zero attached hydrogens (tertiary/aromatic N) is 4. The maximum Gasteiger partial charge on any atom is 0.264 e. The van der Waals surface area contributed by atoms with E-state index in [1.807, 2.05) is 0 Å². The zero-order valence-corrected chi connectivity index (χ0v) is 18.6. The summed E-state index contributed by atoms with van der Waals surface area (Å²) in [4.78, 5) is 7.57. The van der Waals surface area contributed by atoms with Crippen LogP contribution in [-0.4, -0.2) is 46.3 Å². The lowest BCUT2D eigenvalue weighted by Crippen LogP contribution is -2.16. The summed E-state index contributed by atoms with van der Waals surface area (Å²) in [6, 6.07) is 6.88. The minimum atomic E-state index is -4.43. The number of imidazole rings is 1. The fraction of sp³-hybridized carbons (Fsp3) is 0.136. The monoisotopic (exact) mass is 485 g/mol. The van der Waals surface area contributed by atoms with Crippen LogP contribution in [0.1, 0.15) is 12.6 Å². The van der Waals surface area contributed by atoms with Crippen LogP contribution < -0.4 is 9.46 Å². The molecule has 0 aliphatic rings. The van der Waals surface area contributed by atoms with Crippen LogP contribution in [0.5, 0.6) is 5.88 Å². The first-order valence-electron chi connectivity index (χ1n) is 9.74. The van der Waals surface area contributed by atoms with E-state index in [9.17, 15) is 22.3 Å². The third kappa shape index (κ3) is 4.66. The molecule has 0 aliphatic heterocycles. The Morgan fingerprint density at radius 2 is 1.94 bits per heavy atom. The molecule has 9 nitrogen and oxygen atoms in total. The number of methoxy groups -OCH3 is 1. The number of fused-ring (bicyclic) bond motifs is 1. The van der Waals surface area contributed by atoms with E-state index in [1.54, 1.807) is 12.1 Å². The number of benzene rings is 1. The summed E-state index contributed by atoms with van der Waals surface area (Å²) < 4.78 is 61.6. The molecular weight excluding hydrogens is 468 g/mol. The van der Waals surface area contributed by atoms with E-state index in [0.29, 0.717) is 28.7 Å². The maximum atomic E-state index is 14.1. The maximum absolute atomic E-state index is 14.1. The molecule has 12 heteroatoms. The largest absolute Gasteiger partial charge is 0.480 e. The third-order valence-electron chi connectivity index (χ3n) is 4.54. The minimum Gasteiger partial charge on any atom is -0.480 e. The Balaban J connectivity index is 1.75. The van der Waals surface area contributed by atoms with E-state index in [2.05, 4.69) is 31.6 Å². The minimum absolute atomic E-state index is 0.0676. The molecule has 0 spiro atoms. The number of hydrogen-bond donors (Lipinski definition) is 2. The van der Waals surface area contributed by atoms with Gasteiger partial charge in [0.05, 0.1) is 19.0 Å². The molecule has 34 heavy (non-hydrogen) atoms. The van der Waals surface area contributed by atoms with Crippen molar-refractivity contribution in [3.8, 4) is 29.0 Å². The number of anilines is 1. The zero-order chi connectivity index (χ0) is 24.5. The Morgan fingerprint density at radius 1 is 1.15 bits per heavy atom. The molecule has 3 aromatic heterocycles. The van der Waals surface area contributed by atoms with Gasteiger partial charge >= 0.3 is 0 Å². The number of ether oxygens (including phenoxy) is 1. The topological polar surface area (TPSA) is 119 Å². The Hall–Kier alpha value is -4.08. The summed E-state index contributed by atoms with van der Waals surface area (Å²) >= 11 is 0. The fourth-order valence-electron chi connectivity index (χ4n) is 3.01. The Bertz CT molecular complexity index is 1560. The van der Waals surface area contributed by atoms with Crippen molar-refractivity contribution in [2.24, 2.45) is 0 Å². The van der Waals surface area contributed by atoms with Gasteiger partial charge in [0.25, 0.3) is 10.0 Å². The van der Waals surface area contributed by atoms with Crippen molar-refractivity contribution < 1.29 is 27.0 Å². The number of pyridine rings is 1. The standard InChI is InChI=1S/C22H17F2N5O4S/c1-13(30)3-5-16-12-25-21-8-6-18(27-29(16)21)14-9-19(22(33-2)26-11-14)28-34(31,32)20-7-4-15(23)10-17(20)24/h4,6-13,28,30H,1-2H3. The second kappa shape index (κ2) is 9.05. The lowest BCUT2D eigenvalue weighted by atomic mass is 10.2. The molecule has 1 atom stereocenters. The number of rotatable bonds is 5. The predicted molar refractivity (Wildman–Crippen MR) is 118 cm³/mol. The summed E-state index contributed by atoms with van der Waals surface area (Å²) in [5, 5.41) is 13.9. The van der Waals surface area contributed by atoms with Gasteiger partial charge in [-0.1, -0.05) is 5.92 Å². The van der Waals surface area contributed by atoms with Crippen molar-refractivity contribution in [2.75, 3.05) is 11.8 Å². The van der Waals surface area contributed by atoms with E-state index >= 15 is 0 Å². The Labute approximate surface area is 193 Å². The normalized spacial score (nSPS) is 12.1. The second-order valence-electron chi connectivity index (χ2n) is 7.04. The molecule has 2 N–H and O–H groups in total. The van der Waals surface area contributed by atoms with Crippen LogP contribution in [0.2, 0.25) is 0 Å². The molecule has 4 aromatic rings. The molecular formula is C22H17F2N5O4S. The first-order chi connectivity index (χ1) is 16.2. The molecule has 0 amide bonds. The molecule has 0 fully saturated rings. The highest BCUT2D eigenvalue weighted by atomic mass is 32.2. The van der Waals surface area contributed by atoms with E-state index < -0.39 is 32.7 Å². The molecule has 1 unspecified atom stereocenters. The van der Waals surface area contributed by atoms with E-state index in [4.69, 9.17) is 4.74 Å². The van der Waals surface area contributed by atoms with Crippen LogP contribution >= 0.6 is 0 Å². The van der Waals surface area contributed by atoms with Gasteiger partial charge < -0.3 is 9.84 Å². The third-order valence-corrected chi connectivity index (χ3v) is 5.94. The summed E-state index contributed by atoms with van der Waals surface area (Å²) in [5.41, 5.74) is 1.67. The molecule has 1 aromatic carbocycles. The molecule has 0 aliphatic carbocycles. The summed E-state index contributed by atoms with van der Waals surface area (Å²) in [7, 11) is -3.14. The number of aliphatic hydroxyl groups is 1. The Kier molecular flexibility index (Phi) is 6.14. The van der Waals surface area contributed by atoms with E-state index in [1.165, 1.54) is 37.0 Å². The van der Waals surface area contributed by atoms with Gasteiger partial charge in [0.1, 0.15) is 34.0 Å². The van der Waals surface area contributed by atoms with Crippen LogP contribution in [0.15, 0.2) is 53.7 Å². The van der Waals surface area contributed by atoms with Crippen molar-refractivity contribution in [3.63, 3.8) is 0 Å². The van der Waals surface area contributed by atoms with Crippen LogP contribution in [0.3, 0.4) is 0 Å². The van der Waals surface area contributed by atoms with Crippen LogP contribution in [0, 0.1) is 23.5 Å². The molecule has 3 heterocycles. The summed E-state index contributed by atoms with van der Waals surface area (Å²) in [5.74, 6) is 3.18. The molecule has 0 saturated heterocycles. The number of aliphatic hydroxyl groups excluding tert-OH is 1. The second-order valence-corrected chi connectivity index (χ2v) is 8.69. The molecule has 4 rings (SSSR count). The fourth-order valence-corrected chi connectivity index (χ4v) is 4.12. The SMILES string of the molecule is COc1ncc(-c2ccc3ncc(C#CC(C)O)n3n2)cc1NS(=O)(=O)c1ccc(F)cc1F. The molecule has 174 valence electrons. The average molecular weight is 485 g/mol. The number of nitrogens with one attached hydrogen (secondary N) is 1. The molecule has 0 radical (unpaired) electrons. The average Bonchev–Trinajstić information content (AvgIpc) is 3.19. The first-order valence-corrected chi connectivity index (χ1v) is 11.2. The van der Waals surface area contributed by atoms with Crippen molar-refractivity contribution in [3.05, 3.63) is 66.1 Å². The van der Waals surface area contributed by atoms with Crippen molar-refractivity contribution >= 4 is 21.4 Å². The number of hydrogen-bond acceptors (Lipinski definition) is 7. The number of aromatic nitrogens is 4. The van der Waals surface area contributed by atoms with Gasteiger partial charge in [0, 0.05) is 17.8 Å². The van der Waals surface area contributed by atoms with Gasteiger partial charge in [-0.3, -0.25) is 4.72 Å². The summed E-state index contributed by atoms with van der Waals surface area (Å²) in [6.07, 6.45) is 2.09. The molecule has 0 bridgehead atoms. The van der Waals surface area contributed by atoms with Gasteiger partial charge in [-0.25, -0.2) is 31.7 Å². The highest BCUT2D eigenvalue weighted by Gasteiger charge is 2.22. The van der Waals surface area contributed by atoms with Gasteiger partial charge in [0.15, 0.2) is 5.65 Å². The van der Waals surface area contributed by atoms with Crippen molar-refractivity contribution in [1.29, 1.82) is 0 Å². The summed E-state index contributed by atoms with van der Waals surface area (Å²) in [6.45, 7) is 1.53. The highest BCUT2D eigenvalue weighted by Crippen LogP contribution is 2.30. The lowest BCUT2D eigenvalue weighted by molar-refractivity contribution is 0.253. The quantitative estimate of drug-likeness (QED) is 0.417. The van der Waals surface area contributed by atoms with Crippen molar-refractivity contribution in [1.82, 2.24) is 19.6 Å². The van der Waals surface area contributed by atoms with Gasteiger partial charge in [-0.2, -0.15) is 5.10 Å². The van der Waals surface area contributed by atoms with Crippen LogP contribution in [0.25, 0.3) is 16.9 Å². The van der Waals surface area contributed by atoms with Crippen molar-refractivity contribution in [2.45, 2.75) is 17.9 Å².